The Labute approximate surface area is 115 Å². The maximum absolute atomic E-state index is 12.7. The van der Waals surface area contributed by atoms with Crippen LogP contribution in [0.2, 0.25) is 0 Å². The van der Waals surface area contributed by atoms with Crippen molar-refractivity contribution in [2.45, 2.75) is 32.6 Å². The molecule has 19 heavy (non-hydrogen) atoms. The van der Waals surface area contributed by atoms with Crippen molar-refractivity contribution in [1.29, 1.82) is 0 Å². The van der Waals surface area contributed by atoms with Gasteiger partial charge in [-0.25, -0.2) is 0 Å². The first-order chi connectivity index (χ1) is 9.15. The maximum atomic E-state index is 12.7. The lowest BCUT2D eigenvalue weighted by atomic mass is 9.75. The standard InChI is InChI=1S/C17H23NO/c1-12(2)13-3-5-15(6-4-13)17(19)16-11-18-9-7-14(16)8-10-18/h3-6,12,14,16H,7-11H2,1-2H3/p+1/t16-/m1/s1. The zero-order chi connectivity index (χ0) is 13.4. The largest absolute Gasteiger partial charge is 0.334 e. The van der Waals surface area contributed by atoms with Gasteiger partial charge in [-0.05, 0) is 17.4 Å². The second kappa shape index (κ2) is 5.09. The van der Waals surface area contributed by atoms with Gasteiger partial charge in [-0.2, -0.15) is 0 Å². The third kappa shape index (κ3) is 2.46. The number of nitrogens with one attached hydrogen (secondary N) is 1. The van der Waals surface area contributed by atoms with Gasteiger partial charge in [-0.1, -0.05) is 38.1 Å². The molecule has 1 N–H and O–H groups in total. The molecule has 4 rings (SSSR count). The van der Waals surface area contributed by atoms with Crippen LogP contribution in [0.4, 0.5) is 0 Å². The van der Waals surface area contributed by atoms with Crippen LogP contribution < -0.4 is 4.90 Å². The molecule has 2 nitrogen and oxygen atoms in total. The number of hydrogen-bond donors (Lipinski definition) is 1. The van der Waals surface area contributed by atoms with E-state index in [1.54, 1.807) is 4.90 Å². The van der Waals surface area contributed by atoms with E-state index in [0.29, 0.717) is 17.6 Å². The fraction of sp³-hybridized carbons (Fsp3) is 0.588. The SMILES string of the molecule is CC(C)c1ccc(C(=O)[C@@H]2C[NH+]3CCC2CC3)cc1. The van der Waals surface area contributed by atoms with E-state index < -0.39 is 0 Å². The van der Waals surface area contributed by atoms with E-state index in [2.05, 4.69) is 26.0 Å². The summed E-state index contributed by atoms with van der Waals surface area (Å²) in [5, 5.41) is 0. The highest BCUT2D eigenvalue weighted by Gasteiger charge is 2.41. The lowest BCUT2D eigenvalue weighted by molar-refractivity contribution is -0.919. The summed E-state index contributed by atoms with van der Waals surface area (Å²) in [6.07, 6.45) is 2.49. The van der Waals surface area contributed by atoms with Gasteiger partial charge in [-0.3, -0.25) is 4.79 Å². The van der Waals surface area contributed by atoms with Gasteiger partial charge in [-0.15, -0.1) is 0 Å². The Kier molecular flexibility index (Phi) is 3.44. The van der Waals surface area contributed by atoms with Crippen LogP contribution in [0.5, 0.6) is 0 Å². The highest BCUT2D eigenvalue weighted by molar-refractivity contribution is 5.98. The smallest absolute Gasteiger partial charge is 0.171 e. The molecule has 0 aliphatic carbocycles. The monoisotopic (exact) mass is 258 g/mol. The number of hydrogen-bond acceptors (Lipinski definition) is 1. The average Bonchev–Trinajstić information content (AvgIpc) is 2.47. The van der Waals surface area contributed by atoms with Crippen LogP contribution in [0.25, 0.3) is 0 Å². The second-order valence-electron chi connectivity index (χ2n) is 6.54. The number of quaternary nitrogens is 1. The lowest BCUT2D eigenvalue weighted by Gasteiger charge is -2.41. The molecule has 2 heteroatoms. The van der Waals surface area contributed by atoms with Gasteiger partial charge in [0.1, 0.15) is 0 Å². The van der Waals surface area contributed by atoms with Crippen molar-refractivity contribution in [2.24, 2.45) is 11.8 Å². The number of ketones is 1. The summed E-state index contributed by atoms with van der Waals surface area (Å²) < 4.78 is 0. The molecule has 0 saturated carbocycles. The van der Waals surface area contributed by atoms with Crippen LogP contribution >= 0.6 is 0 Å². The van der Waals surface area contributed by atoms with Gasteiger partial charge in [0.2, 0.25) is 0 Å². The molecule has 102 valence electrons. The Morgan fingerprint density at radius 2 is 1.79 bits per heavy atom. The molecule has 0 aromatic heterocycles. The number of fused-ring (bicyclic) bond motifs is 3. The Balaban J connectivity index is 1.76. The molecule has 3 aliphatic heterocycles. The number of Topliss-reactive ketones (excluding diaryl/α,β-unsaturated/α-hetero) is 1. The molecule has 1 atom stereocenters. The quantitative estimate of drug-likeness (QED) is 0.822. The molecule has 0 spiro atoms. The normalized spacial score (nSPS) is 29.7. The molecule has 3 saturated heterocycles. The van der Waals surface area contributed by atoms with Gasteiger partial charge in [0.05, 0.1) is 25.6 Å². The molecule has 0 amide bonds. The predicted molar refractivity (Wildman–Crippen MR) is 76.6 cm³/mol. The van der Waals surface area contributed by atoms with Crippen LogP contribution in [-0.2, 0) is 0 Å². The zero-order valence-electron chi connectivity index (χ0n) is 12.0. The van der Waals surface area contributed by atoms with Crippen LogP contribution in [-0.4, -0.2) is 25.4 Å². The predicted octanol–water partition coefficient (Wildman–Crippen LogP) is 1.92. The summed E-state index contributed by atoms with van der Waals surface area (Å²) in [6, 6.07) is 8.30. The topological polar surface area (TPSA) is 21.5 Å². The van der Waals surface area contributed by atoms with E-state index in [0.717, 1.165) is 12.1 Å². The molecule has 3 aliphatic rings. The van der Waals surface area contributed by atoms with E-state index in [9.17, 15) is 4.79 Å². The van der Waals surface area contributed by atoms with E-state index in [1.165, 1.54) is 31.5 Å². The maximum Gasteiger partial charge on any atom is 0.171 e. The van der Waals surface area contributed by atoms with Crippen molar-refractivity contribution in [3.63, 3.8) is 0 Å². The highest BCUT2D eigenvalue weighted by Crippen LogP contribution is 2.27. The fourth-order valence-electron chi connectivity index (χ4n) is 3.69. The number of benzene rings is 1. The van der Waals surface area contributed by atoms with Crippen molar-refractivity contribution in [1.82, 2.24) is 0 Å². The summed E-state index contributed by atoms with van der Waals surface area (Å²) in [4.78, 5) is 14.3. The Morgan fingerprint density at radius 3 is 2.26 bits per heavy atom. The van der Waals surface area contributed by atoms with Gasteiger partial charge >= 0.3 is 0 Å². The minimum absolute atomic E-state index is 0.280. The van der Waals surface area contributed by atoms with E-state index in [-0.39, 0.29) is 5.92 Å². The van der Waals surface area contributed by atoms with E-state index in [1.807, 2.05) is 12.1 Å². The van der Waals surface area contributed by atoms with Gasteiger partial charge in [0.25, 0.3) is 0 Å². The van der Waals surface area contributed by atoms with Crippen LogP contribution in [0.15, 0.2) is 24.3 Å². The molecular formula is C17H24NO+. The van der Waals surface area contributed by atoms with Gasteiger partial charge < -0.3 is 4.90 Å². The van der Waals surface area contributed by atoms with E-state index >= 15 is 0 Å². The first-order valence-electron chi connectivity index (χ1n) is 7.63. The zero-order valence-corrected chi connectivity index (χ0v) is 12.0. The second-order valence-corrected chi connectivity index (χ2v) is 6.54. The number of carbonyl (C=O) groups is 1. The van der Waals surface area contributed by atoms with Crippen LogP contribution in [0, 0.1) is 11.8 Å². The molecule has 3 heterocycles. The minimum atomic E-state index is 0.280. The van der Waals surface area contributed by atoms with Crippen LogP contribution in [0.1, 0.15) is 48.5 Å². The Morgan fingerprint density at radius 1 is 1.16 bits per heavy atom. The van der Waals surface area contributed by atoms with Crippen molar-refractivity contribution < 1.29 is 9.69 Å². The van der Waals surface area contributed by atoms with Crippen molar-refractivity contribution in [3.05, 3.63) is 35.4 Å². The van der Waals surface area contributed by atoms with Gasteiger partial charge in [0.15, 0.2) is 5.78 Å². The van der Waals surface area contributed by atoms with Crippen molar-refractivity contribution in [3.8, 4) is 0 Å². The van der Waals surface area contributed by atoms with Crippen molar-refractivity contribution in [2.75, 3.05) is 19.6 Å². The molecule has 3 fully saturated rings. The molecule has 1 aromatic carbocycles. The first kappa shape index (κ1) is 12.9. The van der Waals surface area contributed by atoms with Gasteiger partial charge in [0, 0.05) is 18.4 Å². The third-order valence-electron chi connectivity index (χ3n) is 5.01. The number of carbonyl (C=O) groups excluding carboxylic acids is 1. The Hall–Kier alpha value is -1.15. The molecule has 1 aromatic rings. The summed E-state index contributed by atoms with van der Waals surface area (Å²) in [7, 11) is 0. The summed E-state index contributed by atoms with van der Waals surface area (Å²) in [6.45, 7) is 8.00. The lowest BCUT2D eigenvalue weighted by Crippen LogP contribution is -3.16. The summed E-state index contributed by atoms with van der Waals surface area (Å²) in [5.74, 6) is 1.85. The molecular weight excluding hydrogens is 234 g/mol. The highest BCUT2D eigenvalue weighted by atomic mass is 16.1. The Bertz CT molecular complexity index is 455. The summed E-state index contributed by atoms with van der Waals surface area (Å²) >= 11 is 0. The van der Waals surface area contributed by atoms with Crippen molar-refractivity contribution >= 4 is 5.78 Å². The third-order valence-corrected chi connectivity index (χ3v) is 5.01. The minimum Gasteiger partial charge on any atom is -0.334 e. The van der Waals surface area contributed by atoms with E-state index in [4.69, 9.17) is 0 Å². The van der Waals surface area contributed by atoms with Crippen LogP contribution in [0.3, 0.4) is 0 Å². The molecule has 0 unspecified atom stereocenters. The molecule has 2 bridgehead atoms. The average molecular weight is 258 g/mol. The summed E-state index contributed by atoms with van der Waals surface area (Å²) in [5.41, 5.74) is 2.23. The number of rotatable bonds is 3. The number of piperidine rings is 3. The first-order valence-corrected chi connectivity index (χ1v) is 7.63. The molecule has 0 radical (unpaired) electrons. The fourth-order valence-corrected chi connectivity index (χ4v) is 3.69.